The van der Waals surface area contributed by atoms with Crippen LogP contribution in [0, 0.1) is 21.7 Å². The van der Waals surface area contributed by atoms with Crippen LogP contribution in [-0.4, -0.2) is 10.7 Å². The van der Waals surface area contributed by atoms with Gasteiger partial charge in [0.25, 0.3) is 5.69 Å². The van der Waals surface area contributed by atoms with Crippen LogP contribution in [-0.2, 0) is 6.42 Å². The Bertz CT molecular complexity index is 734. The molecule has 0 saturated heterocycles. The van der Waals surface area contributed by atoms with Crippen molar-refractivity contribution >= 4 is 23.1 Å². The van der Waals surface area contributed by atoms with Crippen molar-refractivity contribution in [1.82, 2.24) is 0 Å². The zero-order chi connectivity index (χ0) is 15.6. The summed E-state index contributed by atoms with van der Waals surface area (Å²) < 4.78 is 26.3. The van der Waals surface area contributed by atoms with Gasteiger partial charge in [0.15, 0.2) is 5.78 Å². The van der Waals surface area contributed by atoms with Crippen molar-refractivity contribution in [2.45, 2.75) is 6.42 Å². The number of carbonyl (C=O) groups excluding carboxylic acids is 1. The molecule has 4 nitrogen and oxygen atoms in total. The van der Waals surface area contributed by atoms with Crippen molar-refractivity contribution in [2.75, 3.05) is 0 Å². The molecule has 7 heteroatoms. The lowest BCUT2D eigenvalue weighted by molar-refractivity contribution is -0.385. The smallest absolute Gasteiger partial charge is 0.281 e. The number of nitro groups is 1. The van der Waals surface area contributed by atoms with Crippen molar-refractivity contribution in [3.8, 4) is 0 Å². The van der Waals surface area contributed by atoms with Crippen molar-refractivity contribution in [1.29, 1.82) is 0 Å². The van der Waals surface area contributed by atoms with Crippen molar-refractivity contribution in [3.63, 3.8) is 0 Å². The van der Waals surface area contributed by atoms with E-state index in [4.69, 9.17) is 11.6 Å². The highest BCUT2D eigenvalue weighted by Crippen LogP contribution is 2.25. The highest BCUT2D eigenvalue weighted by atomic mass is 35.5. The summed E-state index contributed by atoms with van der Waals surface area (Å²) in [5.41, 5.74) is -0.659. The predicted octanol–water partition coefficient (Wildman–Crippen LogP) is 3.95. The van der Waals surface area contributed by atoms with E-state index >= 15 is 0 Å². The van der Waals surface area contributed by atoms with Gasteiger partial charge in [-0.3, -0.25) is 14.9 Å². The molecular formula is C14H8ClF2NO3. The molecule has 0 spiro atoms. The first-order valence-electron chi connectivity index (χ1n) is 5.79. The van der Waals surface area contributed by atoms with Crippen molar-refractivity contribution in [3.05, 3.63) is 74.3 Å². The largest absolute Gasteiger partial charge is 0.294 e. The summed E-state index contributed by atoms with van der Waals surface area (Å²) in [6.45, 7) is 0. The van der Waals surface area contributed by atoms with Crippen LogP contribution in [0.4, 0.5) is 14.5 Å². The average Bonchev–Trinajstić information content (AvgIpc) is 2.41. The fourth-order valence-electron chi connectivity index (χ4n) is 1.82. The van der Waals surface area contributed by atoms with Crippen LogP contribution in [0.1, 0.15) is 15.9 Å². The van der Waals surface area contributed by atoms with Crippen LogP contribution < -0.4 is 0 Å². The molecule has 0 bridgehead atoms. The average molecular weight is 312 g/mol. The number of carbonyl (C=O) groups is 1. The molecule has 0 radical (unpaired) electrons. The maximum absolute atomic E-state index is 13.5. The number of hydrogen-bond donors (Lipinski definition) is 0. The molecule has 21 heavy (non-hydrogen) atoms. The Labute approximate surface area is 123 Å². The Morgan fingerprint density at radius 3 is 2.52 bits per heavy atom. The van der Waals surface area contributed by atoms with Gasteiger partial charge in [-0.05, 0) is 23.8 Å². The molecule has 2 rings (SSSR count). The van der Waals surface area contributed by atoms with E-state index in [1.54, 1.807) is 0 Å². The third-order valence-corrected chi connectivity index (χ3v) is 3.06. The number of nitro benzene ring substituents is 1. The topological polar surface area (TPSA) is 60.2 Å². The maximum atomic E-state index is 13.5. The molecular weight excluding hydrogens is 304 g/mol. The molecule has 0 aliphatic rings. The summed E-state index contributed by atoms with van der Waals surface area (Å²) >= 11 is 5.65. The summed E-state index contributed by atoms with van der Waals surface area (Å²) in [6, 6.07) is 6.40. The summed E-state index contributed by atoms with van der Waals surface area (Å²) in [5, 5.41) is 11.0. The van der Waals surface area contributed by atoms with E-state index < -0.39 is 34.4 Å². The number of benzene rings is 2. The van der Waals surface area contributed by atoms with Gasteiger partial charge in [-0.2, -0.15) is 0 Å². The molecule has 2 aromatic rings. The summed E-state index contributed by atoms with van der Waals surface area (Å²) in [5.74, 6) is -2.29. The monoisotopic (exact) mass is 311 g/mol. The number of rotatable bonds is 4. The Morgan fingerprint density at radius 1 is 1.19 bits per heavy atom. The normalized spacial score (nSPS) is 10.4. The molecule has 0 unspecified atom stereocenters. The molecule has 0 aromatic heterocycles. The van der Waals surface area contributed by atoms with Crippen molar-refractivity contribution in [2.24, 2.45) is 0 Å². The molecule has 0 amide bonds. The fraction of sp³-hybridized carbons (Fsp3) is 0.0714. The summed E-state index contributed by atoms with van der Waals surface area (Å²) in [7, 11) is 0. The highest BCUT2D eigenvalue weighted by Gasteiger charge is 2.21. The quantitative estimate of drug-likeness (QED) is 0.488. The second kappa shape index (κ2) is 5.97. The first kappa shape index (κ1) is 15.1. The predicted molar refractivity (Wildman–Crippen MR) is 72.5 cm³/mol. The van der Waals surface area contributed by atoms with Gasteiger partial charge < -0.3 is 0 Å². The standard InChI is InChI=1S/C14H8ClF2NO3/c15-9-2-4-11(13(6-9)18(20)21)14(19)5-8-1-3-10(16)7-12(8)17/h1-4,6-7H,5H2. The van der Waals surface area contributed by atoms with Gasteiger partial charge in [0, 0.05) is 23.6 Å². The van der Waals surface area contributed by atoms with Crippen LogP contribution in [0.25, 0.3) is 0 Å². The van der Waals surface area contributed by atoms with Crippen LogP contribution in [0.2, 0.25) is 5.02 Å². The lowest BCUT2D eigenvalue weighted by Gasteiger charge is -2.04. The van der Waals surface area contributed by atoms with Crippen LogP contribution in [0.15, 0.2) is 36.4 Å². The molecule has 0 saturated carbocycles. The van der Waals surface area contributed by atoms with Crippen LogP contribution >= 0.6 is 11.6 Å². The zero-order valence-electron chi connectivity index (χ0n) is 10.5. The molecule has 0 aliphatic carbocycles. The van der Waals surface area contributed by atoms with Gasteiger partial charge in [-0.25, -0.2) is 8.78 Å². The fourth-order valence-corrected chi connectivity index (χ4v) is 1.99. The van der Waals surface area contributed by atoms with Gasteiger partial charge >= 0.3 is 0 Å². The molecule has 0 fully saturated rings. The van der Waals surface area contributed by atoms with E-state index in [0.717, 1.165) is 18.2 Å². The minimum absolute atomic E-state index is 0.0364. The van der Waals surface area contributed by atoms with Crippen molar-refractivity contribution < 1.29 is 18.5 Å². The van der Waals surface area contributed by atoms with E-state index in [-0.39, 0.29) is 16.1 Å². The first-order valence-corrected chi connectivity index (χ1v) is 6.17. The van der Waals surface area contributed by atoms with Gasteiger partial charge in [0.2, 0.25) is 0 Å². The number of ketones is 1. The first-order chi connectivity index (χ1) is 9.88. The molecule has 2 aromatic carbocycles. The lowest BCUT2D eigenvalue weighted by atomic mass is 10.0. The number of Topliss-reactive ketones (excluding diaryl/α,β-unsaturated/α-hetero) is 1. The van der Waals surface area contributed by atoms with Crippen LogP contribution in [0.5, 0.6) is 0 Å². The number of nitrogens with zero attached hydrogens (tertiary/aromatic N) is 1. The molecule has 108 valence electrons. The number of halogens is 3. The van der Waals surface area contributed by atoms with E-state index in [1.807, 2.05) is 0 Å². The Balaban J connectivity index is 2.34. The van der Waals surface area contributed by atoms with E-state index in [9.17, 15) is 23.7 Å². The lowest BCUT2D eigenvalue weighted by Crippen LogP contribution is -2.08. The van der Waals surface area contributed by atoms with Crippen LogP contribution in [0.3, 0.4) is 0 Å². The second-order valence-corrected chi connectivity index (χ2v) is 4.69. The minimum Gasteiger partial charge on any atom is -0.294 e. The van der Waals surface area contributed by atoms with E-state index in [2.05, 4.69) is 0 Å². The zero-order valence-corrected chi connectivity index (χ0v) is 11.2. The van der Waals surface area contributed by atoms with Gasteiger partial charge in [0.05, 0.1) is 10.5 Å². The van der Waals surface area contributed by atoms with E-state index in [1.165, 1.54) is 12.1 Å². The molecule has 0 heterocycles. The molecule has 0 N–H and O–H groups in total. The Morgan fingerprint density at radius 2 is 1.90 bits per heavy atom. The summed E-state index contributed by atoms with van der Waals surface area (Å²) in [6.07, 6.45) is -0.408. The highest BCUT2D eigenvalue weighted by molar-refractivity contribution is 6.31. The maximum Gasteiger partial charge on any atom is 0.281 e. The molecule has 0 aliphatic heterocycles. The molecule has 0 atom stereocenters. The van der Waals surface area contributed by atoms with Gasteiger partial charge in [-0.1, -0.05) is 17.7 Å². The third kappa shape index (κ3) is 3.41. The summed E-state index contributed by atoms with van der Waals surface area (Å²) in [4.78, 5) is 22.3. The van der Waals surface area contributed by atoms with Gasteiger partial charge in [0.1, 0.15) is 11.6 Å². The number of hydrogen-bond acceptors (Lipinski definition) is 3. The van der Waals surface area contributed by atoms with E-state index in [0.29, 0.717) is 6.07 Å². The second-order valence-electron chi connectivity index (χ2n) is 4.25. The Hall–Kier alpha value is -2.34. The van der Waals surface area contributed by atoms with Gasteiger partial charge in [-0.15, -0.1) is 0 Å². The minimum atomic E-state index is -0.875. The Kier molecular flexibility index (Phi) is 4.28. The third-order valence-electron chi connectivity index (χ3n) is 2.82. The SMILES string of the molecule is O=C(Cc1ccc(F)cc1F)c1ccc(Cl)cc1[N+](=O)[O-].